The van der Waals surface area contributed by atoms with Crippen LogP contribution in [0.15, 0.2) is 65.4 Å². The highest BCUT2D eigenvalue weighted by molar-refractivity contribution is 9.10. The lowest BCUT2D eigenvalue weighted by Crippen LogP contribution is -2.20. The molecule has 4 rings (SSSR count). The number of nitrogens with one attached hydrogen (secondary N) is 2. The first-order valence-corrected chi connectivity index (χ1v) is 11.4. The molecule has 4 aromatic rings. The fourth-order valence-electron chi connectivity index (χ4n) is 2.98. The van der Waals surface area contributed by atoms with Gasteiger partial charge in [0.05, 0.1) is 17.6 Å². The number of aromatic nitrogens is 4. The Hall–Kier alpha value is -2.46. The topological polar surface area (TPSA) is 59.7 Å². The molecule has 0 spiro atoms. The second-order valence-electron chi connectivity index (χ2n) is 6.79. The van der Waals surface area contributed by atoms with Crippen LogP contribution < -0.4 is 10.6 Å². The van der Waals surface area contributed by atoms with Crippen molar-refractivity contribution in [2.75, 3.05) is 10.6 Å². The van der Waals surface area contributed by atoms with E-state index >= 15 is 0 Å². The van der Waals surface area contributed by atoms with Gasteiger partial charge in [-0.2, -0.15) is 10.2 Å². The molecule has 32 heavy (non-hydrogen) atoms. The molecule has 0 atom stereocenters. The smallest absolute Gasteiger partial charge is 0.177 e. The average Bonchev–Trinajstić information content (AvgIpc) is 3.32. The molecule has 2 N–H and O–H groups in total. The molecule has 6 nitrogen and oxygen atoms in total. The highest BCUT2D eigenvalue weighted by atomic mass is 79.9. The van der Waals surface area contributed by atoms with Gasteiger partial charge < -0.3 is 10.6 Å². The van der Waals surface area contributed by atoms with E-state index in [1.54, 1.807) is 33.8 Å². The van der Waals surface area contributed by atoms with Crippen LogP contribution in [0.25, 0.3) is 0 Å². The van der Waals surface area contributed by atoms with Crippen molar-refractivity contribution < 1.29 is 4.39 Å². The number of thiocarbonyl (C=S) groups is 1. The lowest BCUT2D eigenvalue weighted by Gasteiger charge is -2.08. The Kier molecular flexibility index (Phi) is 7.10. The van der Waals surface area contributed by atoms with E-state index in [-0.39, 0.29) is 12.4 Å². The van der Waals surface area contributed by atoms with E-state index in [9.17, 15) is 4.39 Å². The monoisotopic (exact) mass is 552 g/mol. The molecule has 2 aromatic heterocycles. The van der Waals surface area contributed by atoms with Gasteiger partial charge in [-0.25, -0.2) is 4.39 Å². The van der Waals surface area contributed by atoms with E-state index in [4.69, 9.17) is 35.4 Å². The van der Waals surface area contributed by atoms with Gasteiger partial charge in [0.15, 0.2) is 16.7 Å². The Balaban J connectivity index is 1.38. The summed E-state index contributed by atoms with van der Waals surface area (Å²) in [6, 6.07) is 13.9. The Morgan fingerprint density at radius 3 is 2.53 bits per heavy atom. The number of hydrogen-bond acceptors (Lipinski definition) is 3. The highest BCUT2D eigenvalue weighted by Gasteiger charge is 2.12. The molecule has 0 bridgehead atoms. The minimum Gasteiger partial charge on any atom is -0.316 e. The number of anilines is 2. The van der Waals surface area contributed by atoms with Gasteiger partial charge in [0.1, 0.15) is 5.82 Å². The maximum Gasteiger partial charge on any atom is 0.177 e. The third-order valence-electron chi connectivity index (χ3n) is 4.50. The van der Waals surface area contributed by atoms with Crippen LogP contribution in [-0.4, -0.2) is 24.7 Å². The van der Waals surface area contributed by atoms with Crippen LogP contribution in [0.4, 0.5) is 16.0 Å². The molecular formula is C21H16BrCl2FN6S. The van der Waals surface area contributed by atoms with Gasteiger partial charge in [-0.15, -0.1) is 0 Å². The van der Waals surface area contributed by atoms with Gasteiger partial charge >= 0.3 is 0 Å². The molecule has 11 heteroatoms. The third kappa shape index (κ3) is 5.47. The second kappa shape index (κ2) is 9.99. The summed E-state index contributed by atoms with van der Waals surface area (Å²) in [5, 5.41) is 16.2. The molecule has 0 saturated carbocycles. The molecule has 0 aliphatic heterocycles. The summed E-state index contributed by atoms with van der Waals surface area (Å²) in [6.07, 6.45) is 3.54. The SMILES string of the molecule is Fc1cccc(Cl)c1Cn1ccc(NC(=S)Nc2nn(Cc3ccccc3Cl)cc2Br)n1. The van der Waals surface area contributed by atoms with Crippen LogP contribution >= 0.6 is 51.3 Å². The minimum atomic E-state index is -0.378. The molecule has 0 fully saturated rings. The molecule has 0 aliphatic carbocycles. The van der Waals surface area contributed by atoms with Crippen LogP contribution in [0.1, 0.15) is 11.1 Å². The van der Waals surface area contributed by atoms with Crippen molar-refractivity contribution in [1.82, 2.24) is 19.6 Å². The van der Waals surface area contributed by atoms with Crippen molar-refractivity contribution in [3.63, 3.8) is 0 Å². The minimum absolute atomic E-state index is 0.200. The number of halogens is 4. The van der Waals surface area contributed by atoms with Crippen LogP contribution in [0, 0.1) is 5.82 Å². The van der Waals surface area contributed by atoms with E-state index in [0.29, 0.717) is 38.9 Å². The van der Waals surface area contributed by atoms with Gasteiger partial charge in [0.25, 0.3) is 0 Å². The maximum absolute atomic E-state index is 14.0. The molecule has 0 aliphatic rings. The van der Waals surface area contributed by atoms with Crippen LogP contribution in [-0.2, 0) is 13.1 Å². The lowest BCUT2D eigenvalue weighted by molar-refractivity contribution is 0.586. The van der Waals surface area contributed by atoms with E-state index in [1.165, 1.54) is 6.07 Å². The van der Waals surface area contributed by atoms with Crippen LogP contribution in [0.2, 0.25) is 10.0 Å². The van der Waals surface area contributed by atoms with E-state index < -0.39 is 0 Å². The summed E-state index contributed by atoms with van der Waals surface area (Å²) in [4.78, 5) is 0. The first-order chi connectivity index (χ1) is 15.4. The van der Waals surface area contributed by atoms with Gasteiger partial charge in [-0.05, 0) is 51.9 Å². The molecule has 0 saturated heterocycles. The first kappa shape index (κ1) is 22.7. The summed E-state index contributed by atoms with van der Waals surface area (Å²) >= 11 is 21.2. The summed E-state index contributed by atoms with van der Waals surface area (Å²) in [5.74, 6) is 0.672. The fraction of sp³-hybridized carbons (Fsp3) is 0.0952. The molecular weight excluding hydrogens is 538 g/mol. The zero-order valence-corrected chi connectivity index (χ0v) is 20.3. The Morgan fingerprint density at radius 2 is 1.75 bits per heavy atom. The van der Waals surface area contributed by atoms with Gasteiger partial charge in [-0.1, -0.05) is 47.5 Å². The Morgan fingerprint density at radius 1 is 0.969 bits per heavy atom. The van der Waals surface area contributed by atoms with Gasteiger partial charge in [0, 0.05) is 34.1 Å². The molecule has 0 amide bonds. The molecule has 0 unspecified atom stereocenters. The number of benzene rings is 2. The highest BCUT2D eigenvalue weighted by Crippen LogP contribution is 2.23. The molecule has 164 valence electrons. The van der Waals surface area contributed by atoms with Gasteiger partial charge in [0.2, 0.25) is 0 Å². The molecule has 2 heterocycles. The first-order valence-electron chi connectivity index (χ1n) is 9.40. The fourth-order valence-corrected chi connectivity index (χ4v) is 4.02. The van der Waals surface area contributed by atoms with E-state index in [1.807, 2.05) is 30.5 Å². The Bertz CT molecular complexity index is 1250. The number of hydrogen-bond donors (Lipinski definition) is 2. The van der Waals surface area contributed by atoms with E-state index in [0.717, 1.165) is 10.0 Å². The second-order valence-corrected chi connectivity index (χ2v) is 8.87. The van der Waals surface area contributed by atoms with Crippen molar-refractivity contribution in [1.29, 1.82) is 0 Å². The summed E-state index contributed by atoms with van der Waals surface area (Å²) < 4.78 is 18.1. The lowest BCUT2D eigenvalue weighted by atomic mass is 10.2. The van der Waals surface area contributed by atoms with Crippen LogP contribution in [0.5, 0.6) is 0 Å². The summed E-state index contributed by atoms with van der Waals surface area (Å²) in [5.41, 5.74) is 1.33. The predicted molar refractivity (Wildman–Crippen MR) is 133 cm³/mol. The number of rotatable bonds is 6. The van der Waals surface area contributed by atoms with Crippen molar-refractivity contribution in [2.45, 2.75) is 13.1 Å². The van der Waals surface area contributed by atoms with Crippen LogP contribution in [0.3, 0.4) is 0 Å². The van der Waals surface area contributed by atoms with Crippen molar-refractivity contribution in [2.24, 2.45) is 0 Å². The largest absolute Gasteiger partial charge is 0.316 e. The average molecular weight is 554 g/mol. The van der Waals surface area contributed by atoms with Crippen molar-refractivity contribution in [3.8, 4) is 0 Å². The molecule has 2 aromatic carbocycles. The normalized spacial score (nSPS) is 10.9. The zero-order chi connectivity index (χ0) is 22.7. The van der Waals surface area contributed by atoms with Gasteiger partial charge in [-0.3, -0.25) is 9.36 Å². The Labute approximate surface area is 207 Å². The van der Waals surface area contributed by atoms with Crippen molar-refractivity contribution >= 4 is 68.1 Å². The zero-order valence-electron chi connectivity index (χ0n) is 16.4. The molecule has 0 radical (unpaired) electrons. The maximum atomic E-state index is 14.0. The number of nitrogens with zero attached hydrogens (tertiary/aromatic N) is 4. The third-order valence-corrected chi connectivity index (χ3v) is 6.01. The van der Waals surface area contributed by atoms with Crippen molar-refractivity contribution in [3.05, 3.63) is 92.4 Å². The quantitative estimate of drug-likeness (QED) is 0.279. The predicted octanol–water partition coefficient (Wildman–Crippen LogP) is 6.19. The standard InChI is InChI=1S/C21H16BrCl2FN6S/c22-15-12-31(10-13-4-1-2-5-16(13)23)29-20(15)27-21(32)26-19-8-9-30(28-19)11-14-17(24)6-3-7-18(14)25/h1-9,12H,10-11H2,(H2,26,27,28,29,32). The summed E-state index contributed by atoms with van der Waals surface area (Å²) in [6.45, 7) is 0.717. The summed E-state index contributed by atoms with van der Waals surface area (Å²) in [7, 11) is 0. The van der Waals surface area contributed by atoms with E-state index in [2.05, 4.69) is 36.8 Å².